The molecule has 0 aliphatic rings. The zero-order valence-corrected chi connectivity index (χ0v) is 12.4. The summed E-state index contributed by atoms with van der Waals surface area (Å²) >= 11 is 0. The highest BCUT2D eigenvalue weighted by molar-refractivity contribution is 5.68. The van der Waals surface area contributed by atoms with Crippen LogP contribution in [0.5, 0.6) is 0 Å². The zero-order valence-electron chi connectivity index (χ0n) is 12.4. The molecule has 0 saturated heterocycles. The van der Waals surface area contributed by atoms with E-state index < -0.39 is 5.97 Å². The third-order valence-electron chi connectivity index (χ3n) is 3.15. The minimum atomic E-state index is -0.774. The van der Waals surface area contributed by atoms with Gasteiger partial charge in [0.15, 0.2) is 0 Å². The summed E-state index contributed by atoms with van der Waals surface area (Å²) in [5.41, 5.74) is 0. The van der Waals surface area contributed by atoms with Crippen LogP contribution in [0.15, 0.2) is 24.3 Å². The third kappa shape index (κ3) is 16.9. The molecule has 2 heteroatoms. The Kier molecular flexibility index (Phi) is 14.2. The lowest BCUT2D eigenvalue weighted by Crippen LogP contribution is -1.89. The molecule has 0 aliphatic heterocycles. The van der Waals surface area contributed by atoms with Crippen LogP contribution in [0.4, 0.5) is 0 Å². The van der Waals surface area contributed by atoms with Gasteiger partial charge in [-0.2, -0.15) is 0 Å². The summed E-state index contributed by atoms with van der Waals surface area (Å²) in [4.78, 5) is 10.2. The average molecular weight is 266 g/mol. The van der Waals surface area contributed by atoms with Gasteiger partial charge in [-0.05, 0) is 12.8 Å². The van der Waals surface area contributed by atoms with Crippen molar-refractivity contribution in [3.05, 3.63) is 24.3 Å². The molecule has 0 aliphatic carbocycles. The standard InChI is InChI=1S/C17H30O2/c1-2-3-4-5-6-7-8-9-10-11-12-13-14-15-16-17(18)19/h12-15H,2-11,16H2,1H3,(H,18,19)/b13-12+,15-14+. The first kappa shape index (κ1) is 17.9. The summed E-state index contributed by atoms with van der Waals surface area (Å²) in [6, 6.07) is 0. The maximum atomic E-state index is 10.2. The molecule has 0 bridgehead atoms. The van der Waals surface area contributed by atoms with Crippen molar-refractivity contribution in [2.75, 3.05) is 0 Å². The van der Waals surface area contributed by atoms with Crippen molar-refractivity contribution in [2.24, 2.45) is 0 Å². The van der Waals surface area contributed by atoms with E-state index in [4.69, 9.17) is 5.11 Å². The van der Waals surface area contributed by atoms with E-state index in [1.54, 1.807) is 6.08 Å². The lowest BCUT2D eigenvalue weighted by molar-refractivity contribution is -0.136. The van der Waals surface area contributed by atoms with Crippen LogP contribution in [-0.4, -0.2) is 11.1 Å². The Bertz CT molecular complexity index is 254. The van der Waals surface area contributed by atoms with Gasteiger partial charge in [-0.3, -0.25) is 4.79 Å². The van der Waals surface area contributed by atoms with Crippen LogP contribution in [0.1, 0.15) is 77.6 Å². The molecule has 0 radical (unpaired) electrons. The summed E-state index contributed by atoms with van der Waals surface area (Å²) in [5, 5.41) is 8.43. The Balaban J connectivity index is 3.16. The highest BCUT2D eigenvalue weighted by Gasteiger charge is 1.91. The van der Waals surface area contributed by atoms with Crippen molar-refractivity contribution in [1.29, 1.82) is 0 Å². The van der Waals surface area contributed by atoms with E-state index in [1.165, 1.54) is 57.8 Å². The summed E-state index contributed by atoms with van der Waals surface area (Å²) in [5.74, 6) is -0.774. The van der Waals surface area contributed by atoms with Crippen LogP contribution >= 0.6 is 0 Å². The monoisotopic (exact) mass is 266 g/mol. The number of hydrogen-bond donors (Lipinski definition) is 1. The minimum absolute atomic E-state index is 0.113. The van der Waals surface area contributed by atoms with Crippen LogP contribution in [0, 0.1) is 0 Å². The Morgan fingerprint density at radius 1 is 0.842 bits per heavy atom. The van der Waals surface area contributed by atoms with Crippen molar-refractivity contribution in [2.45, 2.75) is 77.6 Å². The van der Waals surface area contributed by atoms with Crippen molar-refractivity contribution in [1.82, 2.24) is 0 Å². The molecule has 0 aromatic rings. The second-order valence-electron chi connectivity index (χ2n) is 5.07. The third-order valence-corrected chi connectivity index (χ3v) is 3.15. The average Bonchev–Trinajstić information content (AvgIpc) is 2.39. The van der Waals surface area contributed by atoms with Crippen molar-refractivity contribution in [3.8, 4) is 0 Å². The van der Waals surface area contributed by atoms with Gasteiger partial charge in [0.2, 0.25) is 0 Å². The predicted molar refractivity (Wildman–Crippen MR) is 82.4 cm³/mol. The number of unbranched alkanes of at least 4 members (excludes halogenated alkanes) is 9. The van der Waals surface area contributed by atoms with E-state index >= 15 is 0 Å². The fourth-order valence-electron chi connectivity index (χ4n) is 2.00. The lowest BCUT2D eigenvalue weighted by Gasteiger charge is -2.00. The topological polar surface area (TPSA) is 37.3 Å². The second-order valence-corrected chi connectivity index (χ2v) is 5.07. The van der Waals surface area contributed by atoms with Crippen molar-refractivity contribution in [3.63, 3.8) is 0 Å². The molecule has 0 spiro atoms. The second kappa shape index (κ2) is 15.0. The van der Waals surface area contributed by atoms with Gasteiger partial charge in [-0.25, -0.2) is 0 Å². The molecular weight excluding hydrogens is 236 g/mol. The highest BCUT2D eigenvalue weighted by atomic mass is 16.4. The molecule has 0 saturated carbocycles. The fraction of sp³-hybridized carbons (Fsp3) is 0.706. The van der Waals surface area contributed by atoms with Gasteiger partial charge < -0.3 is 5.11 Å². The number of carboxylic acid groups (broad SMARTS) is 1. The fourth-order valence-corrected chi connectivity index (χ4v) is 2.00. The van der Waals surface area contributed by atoms with Crippen molar-refractivity contribution < 1.29 is 9.90 Å². The number of aliphatic carboxylic acids is 1. The van der Waals surface area contributed by atoms with Crippen LogP contribution in [0.2, 0.25) is 0 Å². The first-order chi connectivity index (χ1) is 9.27. The molecular formula is C17H30O2. The van der Waals surface area contributed by atoms with Gasteiger partial charge in [0, 0.05) is 0 Å². The zero-order chi connectivity index (χ0) is 14.2. The number of rotatable bonds is 13. The van der Waals surface area contributed by atoms with Gasteiger partial charge in [0.1, 0.15) is 0 Å². The highest BCUT2D eigenvalue weighted by Crippen LogP contribution is 2.10. The number of allylic oxidation sites excluding steroid dienone is 3. The molecule has 0 unspecified atom stereocenters. The molecule has 110 valence electrons. The molecule has 0 atom stereocenters. The summed E-state index contributed by atoms with van der Waals surface area (Å²) in [7, 11) is 0. The summed E-state index contributed by atoms with van der Waals surface area (Å²) in [6.45, 7) is 2.25. The molecule has 1 N–H and O–H groups in total. The maximum absolute atomic E-state index is 10.2. The Hall–Kier alpha value is -1.05. The largest absolute Gasteiger partial charge is 0.481 e. The number of hydrogen-bond acceptors (Lipinski definition) is 1. The Labute approximate surface area is 118 Å². The first-order valence-corrected chi connectivity index (χ1v) is 7.80. The maximum Gasteiger partial charge on any atom is 0.307 e. The lowest BCUT2D eigenvalue weighted by atomic mass is 10.1. The van der Waals surface area contributed by atoms with E-state index in [9.17, 15) is 4.79 Å². The van der Waals surface area contributed by atoms with Gasteiger partial charge in [-0.15, -0.1) is 0 Å². The molecule has 0 amide bonds. The molecule has 19 heavy (non-hydrogen) atoms. The molecule has 2 nitrogen and oxygen atoms in total. The Morgan fingerprint density at radius 3 is 1.95 bits per heavy atom. The van der Waals surface area contributed by atoms with E-state index in [1.807, 2.05) is 12.2 Å². The normalized spacial score (nSPS) is 11.6. The van der Waals surface area contributed by atoms with Gasteiger partial charge in [0.25, 0.3) is 0 Å². The van der Waals surface area contributed by atoms with E-state index in [0.717, 1.165) is 6.42 Å². The van der Waals surface area contributed by atoms with Crippen LogP contribution in [-0.2, 0) is 4.79 Å². The van der Waals surface area contributed by atoms with Gasteiger partial charge in [-0.1, -0.05) is 82.6 Å². The molecule has 0 rings (SSSR count). The van der Waals surface area contributed by atoms with Crippen LogP contribution in [0.25, 0.3) is 0 Å². The first-order valence-electron chi connectivity index (χ1n) is 7.80. The van der Waals surface area contributed by atoms with Crippen LogP contribution < -0.4 is 0 Å². The minimum Gasteiger partial charge on any atom is -0.481 e. The van der Waals surface area contributed by atoms with Crippen molar-refractivity contribution >= 4 is 5.97 Å². The number of carbonyl (C=O) groups is 1. The van der Waals surface area contributed by atoms with Crippen LogP contribution in [0.3, 0.4) is 0 Å². The number of carboxylic acids is 1. The molecule has 0 aromatic carbocycles. The predicted octanol–water partition coefficient (Wildman–Crippen LogP) is 5.49. The Morgan fingerprint density at radius 2 is 1.37 bits per heavy atom. The smallest absolute Gasteiger partial charge is 0.307 e. The van der Waals surface area contributed by atoms with Gasteiger partial charge in [0.05, 0.1) is 6.42 Å². The van der Waals surface area contributed by atoms with Gasteiger partial charge >= 0.3 is 5.97 Å². The SMILES string of the molecule is CCCCCCCCCCC/C=C/C=C/CC(=O)O. The molecule has 0 heterocycles. The summed E-state index contributed by atoms with van der Waals surface area (Å²) < 4.78 is 0. The molecule has 0 aromatic heterocycles. The quantitative estimate of drug-likeness (QED) is 0.353. The van der Waals surface area contributed by atoms with E-state index in [-0.39, 0.29) is 6.42 Å². The summed E-state index contributed by atoms with van der Waals surface area (Å²) in [6.07, 6.45) is 21.0. The van der Waals surface area contributed by atoms with E-state index in [0.29, 0.717) is 0 Å². The van der Waals surface area contributed by atoms with E-state index in [2.05, 4.69) is 13.0 Å². The molecule has 0 fully saturated rings.